The summed E-state index contributed by atoms with van der Waals surface area (Å²) in [6.07, 6.45) is 2.83. The number of thiophene rings is 1. The molecule has 2 N–H and O–H groups in total. The Morgan fingerprint density at radius 1 is 0.967 bits per heavy atom. The second-order valence-electron chi connectivity index (χ2n) is 8.51. The van der Waals surface area contributed by atoms with Gasteiger partial charge in [-0.1, -0.05) is 62.4 Å². The molecule has 1 aliphatic heterocycles. The van der Waals surface area contributed by atoms with Crippen LogP contribution in [-0.4, -0.2) is 5.78 Å². The van der Waals surface area contributed by atoms with Gasteiger partial charge in [0.1, 0.15) is 5.78 Å². The maximum absolute atomic E-state index is 13.5. The largest absolute Gasteiger partial charge is 0.375 e. The number of allylic oxidation sites excluding steroid dienone is 1. The Bertz CT molecular complexity index is 1080. The van der Waals surface area contributed by atoms with Crippen molar-refractivity contribution in [2.45, 2.75) is 38.1 Å². The van der Waals surface area contributed by atoms with Crippen molar-refractivity contribution >= 4 is 28.5 Å². The van der Waals surface area contributed by atoms with Crippen molar-refractivity contribution in [3.63, 3.8) is 0 Å². The average molecular weight is 415 g/mol. The second kappa shape index (κ2) is 7.77. The van der Waals surface area contributed by atoms with Gasteiger partial charge in [-0.15, -0.1) is 11.3 Å². The predicted molar refractivity (Wildman–Crippen MR) is 125 cm³/mol. The van der Waals surface area contributed by atoms with Crippen LogP contribution in [-0.2, 0) is 4.79 Å². The zero-order valence-corrected chi connectivity index (χ0v) is 18.1. The number of anilines is 2. The zero-order valence-electron chi connectivity index (χ0n) is 17.3. The number of para-hydroxylation sites is 2. The zero-order chi connectivity index (χ0) is 20.7. The van der Waals surface area contributed by atoms with Crippen LogP contribution in [0, 0.1) is 5.92 Å². The van der Waals surface area contributed by atoms with E-state index < -0.39 is 0 Å². The molecule has 0 spiro atoms. The lowest BCUT2D eigenvalue weighted by Crippen LogP contribution is -2.33. The molecule has 0 bridgehead atoms. The van der Waals surface area contributed by atoms with Gasteiger partial charge in [-0.05, 0) is 40.6 Å². The lowest BCUT2D eigenvalue weighted by Gasteiger charge is -2.32. The third kappa shape index (κ3) is 3.46. The van der Waals surface area contributed by atoms with E-state index in [2.05, 4.69) is 84.5 Å². The molecule has 2 aliphatic rings. The van der Waals surface area contributed by atoms with Crippen LogP contribution in [0.1, 0.15) is 54.1 Å². The minimum atomic E-state index is -0.224. The molecule has 3 atom stereocenters. The van der Waals surface area contributed by atoms with Gasteiger partial charge in [0.2, 0.25) is 0 Å². The smallest absolute Gasteiger partial charge is 0.145 e. The normalized spacial score (nSPS) is 23.0. The molecular formula is C26H26N2OS. The molecular weight excluding hydrogens is 388 g/mol. The molecule has 1 aromatic heterocycles. The van der Waals surface area contributed by atoms with Gasteiger partial charge in [0.05, 0.1) is 23.3 Å². The highest BCUT2D eigenvalue weighted by molar-refractivity contribution is 7.10. The van der Waals surface area contributed by atoms with Gasteiger partial charge in [-0.25, -0.2) is 0 Å². The molecule has 5 rings (SSSR count). The van der Waals surface area contributed by atoms with Crippen molar-refractivity contribution in [2.75, 3.05) is 10.6 Å². The van der Waals surface area contributed by atoms with Gasteiger partial charge in [-0.2, -0.15) is 0 Å². The van der Waals surface area contributed by atoms with E-state index in [0.29, 0.717) is 12.3 Å². The molecule has 0 fully saturated rings. The number of hydrogen-bond acceptors (Lipinski definition) is 4. The Morgan fingerprint density at radius 3 is 2.43 bits per heavy atom. The second-order valence-corrected chi connectivity index (χ2v) is 9.49. The molecule has 1 aliphatic carbocycles. The summed E-state index contributed by atoms with van der Waals surface area (Å²) in [5.41, 5.74) is 5.53. The monoisotopic (exact) mass is 414 g/mol. The third-order valence-electron chi connectivity index (χ3n) is 6.21. The molecule has 3 nitrogen and oxygen atoms in total. The topological polar surface area (TPSA) is 41.1 Å². The number of hydrogen-bond donors (Lipinski definition) is 2. The van der Waals surface area contributed by atoms with Crippen molar-refractivity contribution in [1.29, 1.82) is 0 Å². The van der Waals surface area contributed by atoms with Crippen LogP contribution in [0.25, 0.3) is 0 Å². The highest BCUT2D eigenvalue weighted by Crippen LogP contribution is 2.44. The number of carbonyl (C=O) groups excluding carboxylic acids is 1. The van der Waals surface area contributed by atoms with E-state index in [1.165, 1.54) is 10.4 Å². The quantitative estimate of drug-likeness (QED) is 0.500. The van der Waals surface area contributed by atoms with Crippen LogP contribution in [0.2, 0.25) is 0 Å². The molecule has 0 radical (unpaired) electrons. The first-order chi connectivity index (χ1) is 14.6. The van der Waals surface area contributed by atoms with E-state index >= 15 is 0 Å². The summed E-state index contributed by atoms with van der Waals surface area (Å²) in [6.45, 7) is 4.41. The van der Waals surface area contributed by atoms with Crippen molar-refractivity contribution in [3.05, 3.63) is 93.8 Å². The van der Waals surface area contributed by atoms with Crippen LogP contribution < -0.4 is 10.6 Å². The van der Waals surface area contributed by atoms with Gasteiger partial charge >= 0.3 is 0 Å². The first kappa shape index (κ1) is 19.1. The van der Waals surface area contributed by atoms with Crippen LogP contribution in [0.5, 0.6) is 0 Å². The first-order valence-electron chi connectivity index (χ1n) is 10.6. The fourth-order valence-corrected chi connectivity index (χ4v) is 5.35. The molecule has 4 heteroatoms. The molecule has 30 heavy (non-hydrogen) atoms. The van der Waals surface area contributed by atoms with Gasteiger partial charge in [0, 0.05) is 22.9 Å². The van der Waals surface area contributed by atoms with Gasteiger partial charge < -0.3 is 10.6 Å². The lowest BCUT2D eigenvalue weighted by atomic mass is 9.78. The predicted octanol–water partition coefficient (Wildman–Crippen LogP) is 6.71. The molecule has 3 aromatic rings. The van der Waals surface area contributed by atoms with Crippen LogP contribution in [0.4, 0.5) is 11.4 Å². The van der Waals surface area contributed by atoms with Gasteiger partial charge in [-0.3, -0.25) is 4.79 Å². The number of carbonyl (C=O) groups is 1. The Hall–Kier alpha value is -2.85. The maximum Gasteiger partial charge on any atom is 0.145 e. The Balaban J connectivity index is 1.60. The maximum atomic E-state index is 13.5. The van der Waals surface area contributed by atoms with E-state index in [4.69, 9.17) is 0 Å². The first-order valence-corrected chi connectivity index (χ1v) is 11.5. The third-order valence-corrected chi connectivity index (χ3v) is 7.21. The summed E-state index contributed by atoms with van der Waals surface area (Å²) in [7, 11) is 0. The van der Waals surface area contributed by atoms with Crippen LogP contribution in [0.15, 0.2) is 77.8 Å². The van der Waals surface area contributed by atoms with Crippen LogP contribution in [0.3, 0.4) is 0 Å². The summed E-state index contributed by atoms with van der Waals surface area (Å²) in [5.74, 6) is 0.697. The van der Waals surface area contributed by atoms with Crippen molar-refractivity contribution < 1.29 is 4.79 Å². The molecule has 3 unspecified atom stereocenters. The average Bonchev–Trinajstić information content (AvgIpc) is 3.23. The summed E-state index contributed by atoms with van der Waals surface area (Å²) >= 11 is 1.72. The fraction of sp³-hybridized carbons (Fsp3) is 0.269. The minimum absolute atomic E-state index is 0.0922. The van der Waals surface area contributed by atoms with E-state index in [0.717, 1.165) is 22.6 Å². The Kier molecular flexibility index (Phi) is 4.95. The fourth-order valence-electron chi connectivity index (χ4n) is 4.55. The summed E-state index contributed by atoms with van der Waals surface area (Å²) < 4.78 is 0. The van der Waals surface area contributed by atoms with E-state index in [9.17, 15) is 4.79 Å². The van der Waals surface area contributed by atoms with Crippen molar-refractivity contribution in [1.82, 2.24) is 0 Å². The molecule has 0 saturated carbocycles. The molecule has 2 heterocycles. The summed E-state index contributed by atoms with van der Waals surface area (Å²) in [5, 5.41) is 9.36. The molecule has 0 amide bonds. The molecule has 152 valence electrons. The summed E-state index contributed by atoms with van der Waals surface area (Å²) in [4.78, 5) is 14.7. The van der Waals surface area contributed by atoms with Crippen molar-refractivity contribution in [2.24, 2.45) is 5.92 Å². The highest BCUT2D eigenvalue weighted by atomic mass is 32.1. The number of ketones is 1. The number of benzene rings is 2. The van der Waals surface area contributed by atoms with Crippen molar-refractivity contribution in [3.8, 4) is 0 Å². The van der Waals surface area contributed by atoms with E-state index in [1.54, 1.807) is 11.3 Å². The standard InChI is InChI=1S/C26H26N2OS/c1-16(2)17-9-11-18(12-10-17)26-25-22(27-20-6-3-4-7-21(20)28-26)14-19(15-23(25)29)24-8-5-13-30-24/h3-14,16,19,25-28H,15H2,1-2H3. The van der Waals surface area contributed by atoms with E-state index in [-0.39, 0.29) is 23.7 Å². The number of nitrogens with one attached hydrogen (secondary N) is 2. The molecule has 0 saturated heterocycles. The summed E-state index contributed by atoms with van der Waals surface area (Å²) in [6, 6.07) is 21.1. The number of Topliss-reactive ketones (excluding diaryl/α,β-unsaturated/α-hetero) is 1. The Morgan fingerprint density at radius 2 is 1.73 bits per heavy atom. The van der Waals surface area contributed by atoms with E-state index in [1.807, 2.05) is 12.1 Å². The Labute approximate surface area is 181 Å². The SMILES string of the molecule is CC(C)c1ccc(C2Nc3ccccc3NC3=CC(c4cccs4)CC(=O)C32)cc1. The van der Waals surface area contributed by atoms with Gasteiger partial charge in [0.25, 0.3) is 0 Å². The van der Waals surface area contributed by atoms with Gasteiger partial charge in [0.15, 0.2) is 0 Å². The van der Waals surface area contributed by atoms with Crippen LogP contribution >= 0.6 is 11.3 Å². The minimum Gasteiger partial charge on any atom is -0.375 e. The molecule has 2 aromatic carbocycles. The highest BCUT2D eigenvalue weighted by Gasteiger charge is 2.39. The number of rotatable bonds is 3. The lowest BCUT2D eigenvalue weighted by molar-refractivity contribution is -0.122. The number of fused-ring (bicyclic) bond motifs is 2.